The number of thioether (sulfide) groups is 1. The Morgan fingerprint density at radius 3 is 2.53 bits per heavy atom. The van der Waals surface area contributed by atoms with Gasteiger partial charge in [0.2, 0.25) is 5.91 Å². The normalized spacial score (nSPS) is 23.7. The zero-order valence-corrected chi connectivity index (χ0v) is 18.7. The van der Waals surface area contributed by atoms with Crippen LogP contribution in [-0.4, -0.2) is 34.2 Å². The summed E-state index contributed by atoms with van der Waals surface area (Å²) in [6.07, 6.45) is 7.41. The minimum absolute atomic E-state index is 0.168. The first-order valence-corrected chi connectivity index (χ1v) is 11.9. The number of rotatable bonds is 5. The Labute approximate surface area is 190 Å². The molecule has 0 bridgehead atoms. The Balaban J connectivity index is 1.58. The van der Waals surface area contributed by atoms with Crippen LogP contribution in [0.15, 0.2) is 34.5 Å². The number of hydrogen-bond donors (Lipinski definition) is 3. The summed E-state index contributed by atoms with van der Waals surface area (Å²) in [7, 11) is 0. The second kappa shape index (κ2) is 9.20. The van der Waals surface area contributed by atoms with Crippen LogP contribution in [0.2, 0.25) is 10.0 Å². The van der Waals surface area contributed by atoms with Gasteiger partial charge in [0.05, 0.1) is 22.3 Å². The van der Waals surface area contributed by atoms with E-state index in [2.05, 4.69) is 10.6 Å². The van der Waals surface area contributed by atoms with Crippen LogP contribution in [-0.2, 0) is 9.59 Å². The summed E-state index contributed by atoms with van der Waals surface area (Å²) in [5, 5.41) is 6.41. The van der Waals surface area contributed by atoms with Crippen LogP contribution in [0.4, 0.5) is 5.69 Å². The first-order valence-electron chi connectivity index (χ1n) is 10.2. The molecule has 3 aliphatic rings. The van der Waals surface area contributed by atoms with Crippen molar-refractivity contribution < 1.29 is 9.59 Å². The van der Waals surface area contributed by atoms with Gasteiger partial charge in [-0.2, -0.15) is 0 Å². The molecular formula is C21H24Cl2N4O2S. The highest BCUT2D eigenvalue weighted by Crippen LogP contribution is 2.36. The van der Waals surface area contributed by atoms with Gasteiger partial charge in [0.1, 0.15) is 10.3 Å². The average Bonchev–Trinajstić information content (AvgIpc) is 3.47. The van der Waals surface area contributed by atoms with Crippen molar-refractivity contribution in [2.75, 3.05) is 5.32 Å². The van der Waals surface area contributed by atoms with Gasteiger partial charge in [-0.3, -0.25) is 14.6 Å². The number of benzene rings is 1. The maximum atomic E-state index is 13.0. The van der Waals surface area contributed by atoms with Crippen molar-refractivity contribution in [2.45, 2.75) is 62.3 Å². The molecule has 1 aromatic carbocycles. The van der Waals surface area contributed by atoms with E-state index < -0.39 is 5.25 Å². The van der Waals surface area contributed by atoms with E-state index >= 15 is 0 Å². The molecule has 2 fully saturated rings. The lowest BCUT2D eigenvalue weighted by Crippen LogP contribution is -2.32. The van der Waals surface area contributed by atoms with Gasteiger partial charge in [-0.15, -0.1) is 0 Å². The number of amides is 2. The Hall–Kier alpha value is -1.70. The molecule has 2 aliphatic carbocycles. The second-order valence-corrected chi connectivity index (χ2v) is 9.85. The smallest absolute Gasteiger partial charge is 0.256 e. The lowest BCUT2D eigenvalue weighted by molar-refractivity contribution is -0.117. The van der Waals surface area contributed by atoms with E-state index in [4.69, 9.17) is 33.9 Å². The maximum absolute atomic E-state index is 13.0. The SMILES string of the molecule is NC1=C(C(=O)NC2CC2)C(=NC2CCCCC2)SC1C(=O)Nc1cc(Cl)ccc1Cl. The van der Waals surface area contributed by atoms with Crippen molar-refractivity contribution in [3.63, 3.8) is 0 Å². The molecule has 1 aromatic rings. The molecule has 4 N–H and O–H groups in total. The predicted molar refractivity (Wildman–Crippen MR) is 123 cm³/mol. The summed E-state index contributed by atoms with van der Waals surface area (Å²) >= 11 is 13.4. The number of carbonyl (C=O) groups is 2. The van der Waals surface area contributed by atoms with Gasteiger partial charge in [-0.25, -0.2) is 0 Å². The molecule has 6 nitrogen and oxygen atoms in total. The number of nitrogens with one attached hydrogen (secondary N) is 2. The lowest BCUT2D eigenvalue weighted by atomic mass is 9.96. The van der Waals surface area contributed by atoms with Gasteiger partial charge < -0.3 is 16.4 Å². The van der Waals surface area contributed by atoms with Crippen molar-refractivity contribution in [3.8, 4) is 0 Å². The molecule has 1 unspecified atom stereocenters. The Kier molecular flexibility index (Phi) is 6.60. The highest BCUT2D eigenvalue weighted by Gasteiger charge is 2.40. The third-order valence-electron chi connectivity index (χ3n) is 5.45. The topological polar surface area (TPSA) is 96.6 Å². The summed E-state index contributed by atoms with van der Waals surface area (Å²) in [4.78, 5) is 30.7. The molecule has 1 aliphatic heterocycles. The molecule has 0 radical (unpaired) electrons. The van der Waals surface area contributed by atoms with Gasteiger partial charge in [-0.05, 0) is 43.9 Å². The monoisotopic (exact) mass is 466 g/mol. The van der Waals surface area contributed by atoms with E-state index in [1.54, 1.807) is 18.2 Å². The first kappa shape index (κ1) is 21.5. The van der Waals surface area contributed by atoms with Crippen LogP contribution in [0.1, 0.15) is 44.9 Å². The average molecular weight is 467 g/mol. The van der Waals surface area contributed by atoms with Crippen molar-refractivity contribution in [1.82, 2.24) is 5.32 Å². The Morgan fingerprint density at radius 2 is 1.83 bits per heavy atom. The molecule has 1 heterocycles. The zero-order chi connectivity index (χ0) is 21.3. The molecule has 0 spiro atoms. The molecule has 0 aromatic heterocycles. The number of aliphatic imine (C=N–C) groups is 1. The lowest BCUT2D eigenvalue weighted by Gasteiger charge is -2.18. The molecule has 160 valence electrons. The number of nitrogens with two attached hydrogens (primary N) is 1. The van der Waals surface area contributed by atoms with Gasteiger partial charge in [0, 0.05) is 16.8 Å². The summed E-state index contributed by atoms with van der Waals surface area (Å²) in [5.74, 6) is -0.597. The maximum Gasteiger partial charge on any atom is 0.256 e. The number of hydrogen-bond acceptors (Lipinski definition) is 5. The second-order valence-electron chi connectivity index (χ2n) is 7.92. The third-order valence-corrected chi connectivity index (χ3v) is 7.25. The highest BCUT2D eigenvalue weighted by molar-refractivity contribution is 8.16. The minimum Gasteiger partial charge on any atom is -0.400 e. The van der Waals surface area contributed by atoms with Crippen LogP contribution in [0.3, 0.4) is 0 Å². The minimum atomic E-state index is -0.748. The fourth-order valence-electron chi connectivity index (χ4n) is 3.66. The predicted octanol–water partition coefficient (Wildman–Crippen LogP) is 4.27. The van der Waals surface area contributed by atoms with E-state index in [0.29, 0.717) is 26.3 Å². The zero-order valence-electron chi connectivity index (χ0n) is 16.4. The van der Waals surface area contributed by atoms with Crippen molar-refractivity contribution in [1.29, 1.82) is 0 Å². The molecule has 4 rings (SSSR count). The van der Waals surface area contributed by atoms with Gasteiger partial charge >= 0.3 is 0 Å². The first-order chi connectivity index (χ1) is 14.4. The summed E-state index contributed by atoms with van der Waals surface area (Å²) in [6.45, 7) is 0. The van der Waals surface area contributed by atoms with Gasteiger partial charge in [0.15, 0.2) is 0 Å². The van der Waals surface area contributed by atoms with Gasteiger partial charge in [0.25, 0.3) is 5.91 Å². The molecule has 30 heavy (non-hydrogen) atoms. The fraction of sp³-hybridized carbons (Fsp3) is 0.476. The number of halogens is 2. The standard InChI is InChI=1S/C21H24Cl2N4O2S/c22-11-6-9-14(23)15(10-11)27-20(29)18-17(24)16(19(28)25-13-7-8-13)21(30-18)26-12-4-2-1-3-5-12/h6,9-10,12-13,18H,1-5,7-8,24H2,(H,25,28)(H,27,29). The molecule has 1 atom stereocenters. The molecule has 2 saturated carbocycles. The number of carbonyl (C=O) groups excluding carboxylic acids is 2. The van der Waals surface area contributed by atoms with E-state index in [-0.39, 0.29) is 29.6 Å². The molecule has 0 saturated heterocycles. The highest BCUT2D eigenvalue weighted by atomic mass is 35.5. The van der Waals surface area contributed by atoms with Crippen LogP contribution in [0.5, 0.6) is 0 Å². The van der Waals surface area contributed by atoms with Crippen molar-refractivity contribution >= 4 is 57.5 Å². The van der Waals surface area contributed by atoms with Crippen molar-refractivity contribution in [2.24, 2.45) is 10.7 Å². The van der Waals surface area contributed by atoms with E-state index in [0.717, 1.165) is 38.5 Å². The molecule has 2 amide bonds. The van der Waals surface area contributed by atoms with E-state index in [1.165, 1.54) is 18.2 Å². The van der Waals surface area contributed by atoms with Gasteiger partial charge in [-0.1, -0.05) is 54.2 Å². The Bertz CT molecular complexity index is 924. The fourth-order valence-corrected chi connectivity index (χ4v) is 5.17. The summed E-state index contributed by atoms with van der Waals surface area (Å²) < 4.78 is 0. The van der Waals surface area contributed by atoms with E-state index in [1.807, 2.05) is 0 Å². The quantitative estimate of drug-likeness (QED) is 0.603. The molecule has 9 heteroatoms. The van der Waals surface area contributed by atoms with Crippen LogP contribution < -0.4 is 16.4 Å². The van der Waals surface area contributed by atoms with Crippen LogP contribution >= 0.6 is 35.0 Å². The largest absolute Gasteiger partial charge is 0.400 e. The van der Waals surface area contributed by atoms with E-state index in [9.17, 15) is 9.59 Å². The summed E-state index contributed by atoms with van der Waals surface area (Å²) in [6, 6.07) is 5.20. The Morgan fingerprint density at radius 1 is 1.10 bits per heavy atom. The number of anilines is 1. The van der Waals surface area contributed by atoms with Crippen LogP contribution in [0.25, 0.3) is 0 Å². The third kappa shape index (κ3) is 4.95. The molecular weight excluding hydrogens is 443 g/mol. The van der Waals surface area contributed by atoms with Crippen molar-refractivity contribution in [3.05, 3.63) is 39.5 Å². The summed E-state index contributed by atoms with van der Waals surface area (Å²) in [5.41, 5.74) is 7.32. The van der Waals surface area contributed by atoms with Crippen LogP contribution in [0, 0.1) is 0 Å². The number of nitrogens with zero attached hydrogens (tertiary/aromatic N) is 1.